The van der Waals surface area contributed by atoms with Crippen LogP contribution in [0.4, 0.5) is 0 Å². The Kier molecular flexibility index (Phi) is 13.0. The van der Waals surface area contributed by atoms with Crippen LogP contribution in [0.5, 0.6) is 0 Å². The van der Waals surface area contributed by atoms with Crippen LogP contribution in [0.25, 0.3) is 166 Å². The first-order valence-corrected chi connectivity index (χ1v) is 31.8. The third-order valence-corrected chi connectivity index (χ3v) is 18.4. The van der Waals surface area contributed by atoms with Gasteiger partial charge >= 0.3 is 0 Å². The van der Waals surface area contributed by atoms with Crippen LogP contribution in [0.2, 0.25) is 0 Å². The Morgan fingerprint density at radius 2 is 0.521 bits per heavy atom. The summed E-state index contributed by atoms with van der Waals surface area (Å²) >= 11 is 0. The number of nitrogens with zero attached hydrogens (tertiary/aromatic N) is 8. The van der Waals surface area contributed by atoms with E-state index in [9.17, 15) is 0 Å². The van der Waals surface area contributed by atoms with Gasteiger partial charge in [0.05, 0.1) is 49.8 Å². The average molecular weight is 1200 g/mol. The second kappa shape index (κ2) is 22.6. The molecule has 0 amide bonds. The number of fused-ring (bicyclic) bond motifs is 12. The van der Waals surface area contributed by atoms with Crippen molar-refractivity contribution in [2.75, 3.05) is 0 Å². The summed E-state index contributed by atoms with van der Waals surface area (Å²) in [7, 11) is 0. The summed E-state index contributed by atoms with van der Waals surface area (Å²) in [6, 6.07) is 114. The Labute approximate surface area is 541 Å². The van der Waals surface area contributed by atoms with Crippen LogP contribution in [-0.4, -0.2) is 38.2 Å². The number of benzene rings is 13. The highest BCUT2D eigenvalue weighted by molar-refractivity contribution is 6.21. The van der Waals surface area contributed by atoms with Gasteiger partial charge in [0.2, 0.25) is 0 Å². The van der Waals surface area contributed by atoms with E-state index in [1.165, 1.54) is 81.8 Å². The SMILES string of the molecule is c1ccc(-c2ccc(-c3ccnc(-c4cccc(-n5c6ccccc6c6cc7c8ccccc8n(-c8ccccc8)c7cc65)c4)n3)cc2)cc1.c1ccc(-c2cnc(-c3cccc(-n4c5ccccc5c5cc6c7ccccc7n(-c7ccccc7)c6cc54)c3)nc2)cc1. The topological polar surface area (TPSA) is 71.3 Å². The lowest BCUT2D eigenvalue weighted by Gasteiger charge is -2.11. The van der Waals surface area contributed by atoms with E-state index < -0.39 is 0 Å². The fourth-order valence-corrected chi connectivity index (χ4v) is 14.1. The molecule has 0 N–H and O–H groups in total. The maximum absolute atomic E-state index is 5.05. The molecular weight excluding hydrogens is 1150 g/mol. The third-order valence-electron chi connectivity index (χ3n) is 18.4. The fraction of sp³-hybridized carbons (Fsp3) is 0. The smallest absolute Gasteiger partial charge is 0.159 e. The van der Waals surface area contributed by atoms with Crippen LogP contribution in [0.1, 0.15) is 0 Å². The van der Waals surface area contributed by atoms with Gasteiger partial charge in [-0.1, -0.05) is 218 Å². The van der Waals surface area contributed by atoms with Crippen LogP contribution in [-0.2, 0) is 0 Å². The molecule has 440 valence electrons. The van der Waals surface area contributed by atoms with Crippen molar-refractivity contribution in [3.05, 3.63) is 340 Å². The Morgan fingerprint density at radius 1 is 0.191 bits per heavy atom. The highest BCUT2D eigenvalue weighted by atomic mass is 15.0. The quantitative estimate of drug-likeness (QED) is 0.144. The Hall–Kier alpha value is -12.8. The molecule has 0 saturated heterocycles. The van der Waals surface area contributed by atoms with E-state index in [1.807, 2.05) is 48.9 Å². The van der Waals surface area contributed by atoms with Gasteiger partial charge in [0, 0.05) is 107 Å². The Bertz CT molecular complexity index is 6070. The molecule has 8 nitrogen and oxygen atoms in total. The maximum Gasteiger partial charge on any atom is 0.159 e. The van der Waals surface area contributed by atoms with Gasteiger partial charge < -0.3 is 18.3 Å². The molecule has 19 rings (SSSR count). The number of hydrogen-bond acceptors (Lipinski definition) is 4. The molecule has 8 heteroatoms. The Morgan fingerprint density at radius 3 is 0.957 bits per heavy atom. The third kappa shape index (κ3) is 9.22. The van der Waals surface area contributed by atoms with Gasteiger partial charge in [-0.15, -0.1) is 0 Å². The molecule has 0 radical (unpaired) electrons. The summed E-state index contributed by atoms with van der Waals surface area (Å²) in [5, 5.41) is 9.92. The highest BCUT2D eigenvalue weighted by Gasteiger charge is 2.22. The number of rotatable bonds is 9. The molecule has 94 heavy (non-hydrogen) atoms. The second-order valence-electron chi connectivity index (χ2n) is 23.8. The molecule has 0 fully saturated rings. The first-order valence-electron chi connectivity index (χ1n) is 31.8. The molecule has 19 aromatic rings. The predicted octanol–water partition coefficient (Wildman–Crippen LogP) is 21.7. The van der Waals surface area contributed by atoms with Gasteiger partial charge in [0.25, 0.3) is 0 Å². The molecule has 0 atom stereocenters. The zero-order valence-corrected chi connectivity index (χ0v) is 50.9. The number of para-hydroxylation sites is 6. The first-order chi connectivity index (χ1) is 46.6. The lowest BCUT2D eigenvalue weighted by molar-refractivity contribution is 1.15. The monoisotopic (exact) mass is 1200 g/mol. The van der Waals surface area contributed by atoms with Crippen LogP contribution in [0.3, 0.4) is 0 Å². The van der Waals surface area contributed by atoms with E-state index in [-0.39, 0.29) is 0 Å². The summed E-state index contributed by atoms with van der Waals surface area (Å²) in [5.41, 5.74) is 22.3. The average Bonchev–Trinajstić information content (AvgIpc) is 1.57. The minimum Gasteiger partial charge on any atom is -0.309 e. The minimum absolute atomic E-state index is 0.698. The van der Waals surface area contributed by atoms with E-state index in [4.69, 9.17) is 19.9 Å². The molecule has 0 aliphatic carbocycles. The predicted molar refractivity (Wildman–Crippen MR) is 389 cm³/mol. The van der Waals surface area contributed by atoms with Crippen molar-refractivity contribution in [1.29, 1.82) is 0 Å². The molecule has 0 spiro atoms. The zero-order valence-electron chi connectivity index (χ0n) is 50.9. The molecule has 0 unspecified atom stereocenters. The number of aromatic nitrogens is 8. The fourth-order valence-electron chi connectivity index (χ4n) is 14.1. The molecular formula is C86H56N8. The molecule has 6 heterocycles. The summed E-state index contributed by atoms with van der Waals surface area (Å²) in [6.07, 6.45) is 5.67. The second-order valence-corrected chi connectivity index (χ2v) is 23.8. The van der Waals surface area contributed by atoms with E-state index in [0.717, 1.165) is 72.8 Å². The zero-order chi connectivity index (χ0) is 62.1. The van der Waals surface area contributed by atoms with E-state index in [1.54, 1.807) is 0 Å². The number of hydrogen-bond donors (Lipinski definition) is 0. The van der Waals surface area contributed by atoms with Crippen molar-refractivity contribution in [2.45, 2.75) is 0 Å². The van der Waals surface area contributed by atoms with Gasteiger partial charge in [-0.2, -0.15) is 0 Å². The van der Waals surface area contributed by atoms with Gasteiger partial charge in [-0.3, -0.25) is 0 Å². The van der Waals surface area contributed by atoms with Crippen molar-refractivity contribution in [2.24, 2.45) is 0 Å². The lowest BCUT2D eigenvalue weighted by atomic mass is 10.0. The van der Waals surface area contributed by atoms with Crippen LogP contribution >= 0.6 is 0 Å². The standard InChI is InChI=1S/C46H30N4.C40H26N4/c1-3-12-31(13-4-1)32-22-24-33(25-23-32)41-26-27-47-46(48-41)34-14-11-17-36(28-34)50-43-21-10-8-19-38(43)40-29-39-37-18-7-9-20-42(37)49(44(39)30-45(40)50)35-15-5-2-6-16-35;1-3-12-27(13-4-1)29-25-41-40(42-26-29)28-14-11-17-31(22-28)44-37-21-10-8-19-33(37)35-23-34-32-18-7-9-20-36(32)43(38(34)24-39(35)44)30-15-5-2-6-16-30/h1-30H;1-26H. The van der Waals surface area contributed by atoms with Crippen LogP contribution in [0, 0.1) is 0 Å². The van der Waals surface area contributed by atoms with Gasteiger partial charge in [0.1, 0.15) is 0 Å². The molecule has 6 aromatic heterocycles. The maximum atomic E-state index is 5.05. The van der Waals surface area contributed by atoms with E-state index in [2.05, 4.69) is 309 Å². The summed E-state index contributed by atoms with van der Waals surface area (Å²) < 4.78 is 9.52. The van der Waals surface area contributed by atoms with Gasteiger partial charge in [0.15, 0.2) is 11.6 Å². The summed E-state index contributed by atoms with van der Waals surface area (Å²) in [4.78, 5) is 19.3. The van der Waals surface area contributed by atoms with Crippen molar-refractivity contribution in [3.8, 4) is 79.0 Å². The highest BCUT2D eigenvalue weighted by Crippen LogP contribution is 2.43. The van der Waals surface area contributed by atoms with Crippen molar-refractivity contribution < 1.29 is 0 Å². The summed E-state index contributed by atoms with van der Waals surface area (Å²) in [6.45, 7) is 0. The van der Waals surface area contributed by atoms with Crippen molar-refractivity contribution >= 4 is 87.2 Å². The lowest BCUT2D eigenvalue weighted by Crippen LogP contribution is -1.97. The molecule has 13 aromatic carbocycles. The molecule has 0 aliphatic rings. The first kappa shape index (κ1) is 54.2. The van der Waals surface area contributed by atoms with E-state index >= 15 is 0 Å². The largest absolute Gasteiger partial charge is 0.309 e. The Balaban J connectivity index is 0.000000139. The van der Waals surface area contributed by atoms with Crippen molar-refractivity contribution in [1.82, 2.24) is 38.2 Å². The van der Waals surface area contributed by atoms with Gasteiger partial charge in [-0.25, -0.2) is 19.9 Å². The molecule has 0 bridgehead atoms. The van der Waals surface area contributed by atoms with Crippen molar-refractivity contribution in [3.63, 3.8) is 0 Å². The summed E-state index contributed by atoms with van der Waals surface area (Å²) in [5.74, 6) is 1.41. The minimum atomic E-state index is 0.698. The molecule has 0 aliphatic heterocycles. The van der Waals surface area contributed by atoms with Crippen LogP contribution < -0.4 is 0 Å². The van der Waals surface area contributed by atoms with Crippen LogP contribution in [0.15, 0.2) is 340 Å². The van der Waals surface area contributed by atoms with Gasteiger partial charge in [-0.05, 0) is 120 Å². The normalized spacial score (nSPS) is 11.6. The molecule has 0 saturated carbocycles. The van der Waals surface area contributed by atoms with E-state index in [0.29, 0.717) is 11.6 Å².